The number of benzene rings is 2. The quantitative estimate of drug-likeness (QED) is 0.459. The first-order valence-corrected chi connectivity index (χ1v) is 10.4. The van der Waals surface area contributed by atoms with Gasteiger partial charge in [-0.15, -0.1) is 11.8 Å². The number of rotatable bonds is 9. The van der Waals surface area contributed by atoms with Crippen LogP contribution in [-0.4, -0.2) is 42.7 Å². The van der Waals surface area contributed by atoms with Crippen molar-refractivity contribution < 1.29 is 19.4 Å². The third-order valence-corrected chi connectivity index (χ3v) is 6.47. The number of halogens is 2. The average molecular weight is 451 g/mol. The van der Waals surface area contributed by atoms with Crippen molar-refractivity contribution in [3.8, 4) is 0 Å². The van der Waals surface area contributed by atoms with Crippen LogP contribution in [0.25, 0.3) is 0 Å². The molecule has 7 nitrogen and oxygen atoms in total. The number of thioether (sulfide) groups is 1. The molecule has 0 aliphatic heterocycles. The van der Waals surface area contributed by atoms with E-state index in [-0.39, 0.29) is 12.3 Å². The molecular formula is C20H20ClFN4O3S. The number of hydrogen-bond acceptors (Lipinski definition) is 6. The molecular weight excluding hydrogens is 431 g/mol. The summed E-state index contributed by atoms with van der Waals surface area (Å²) in [5.74, 6) is -1.58. The van der Waals surface area contributed by atoms with Crippen LogP contribution in [-0.2, 0) is 16.9 Å². The molecule has 4 N–H and O–H groups in total. The second kappa shape index (κ2) is 9.57. The van der Waals surface area contributed by atoms with Crippen LogP contribution in [0.4, 0.5) is 4.39 Å². The van der Waals surface area contributed by atoms with Crippen LogP contribution >= 0.6 is 23.4 Å². The maximum absolute atomic E-state index is 13.6. The molecule has 0 aliphatic carbocycles. The predicted octanol–water partition coefficient (Wildman–Crippen LogP) is 2.84. The van der Waals surface area contributed by atoms with Gasteiger partial charge in [-0.1, -0.05) is 41.9 Å². The molecule has 30 heavy (non-hydrogen) atoms. The van der Waals surface area contributed by atoms with E-state index in [1.165, 1.54) is 41.6 Å². The lowest BCUT2D eigenvalue weighted by atomic mass is 9.86. The summed E-state index contributed by atoms with van der Waals surface area (Å²) in [4.78, 5) is 15.1. The van der Waals surface area contributed by atoms with Gasteiger partial charge in [0.25, 0.3) is 0 Å². The fraction of sp³-hybridized carbons (Fsp3) is 0.250. The highest BCUT2D eigenvalue weighted by Gasteiger charge is 2.42. The Kier molecular flexibility index (Phi) is 7.09. The Morgan fingerprint density at radius 2 is 1.97 bits per heavy atom. The van der Waals surface area contributed by atoms with Crippen molar-refractivity contribution in [2.24, 2.45) is 5.73 Å². The van der Waals surface area contributed by atoms with E-state index in [1.54, 1.807) is 24.3 Å². The molecule has 2 unspecified atom stereocenters. The number of hydrogen-bond donors (Lipinski definition) is 3. The summed E-state index contributed by atoms with van der Waals surface area (Å²) in [6, 6.07) is 11.3. The number of nitrogens with zero attached hydrogens (tertiary/aromatic N) is 3. The smallest absolute Gasteiger partial charge is 0.321 e. The summed E-state index contributed by atoms with van der Waals surface area (Å²) in [6.45, 7) is -0.0240. The van der Waals surface area contributed by atoms with Crippen LogP contribution in [0.3, 0.4) is 0 Å². The Bertz CT molecular complexity index is 990. The van der Waals surface area contributed by atoms with Gasteiger partial charge in [0.05, 0.1) is 11.8 Å². The summed E-state index contributed by atoms with van der Waals surface area (Å²) < 4.78 is 15.0. The molecule has 0 aliphatic rings. The van der Waals surface area contributed by atoms with Crippen molar-refractivity contribution in [3.63, 3.8) is 0 Å². The van der Waals surface area contributed by atoms with Gasteiger partial charge in [0.15, 0.2) is 0 Å². The van der Waals surface area contributed by atoms with Crippen molar-refractivity contribution in [2.75, 3.05) is 5.75 Å². The highest BCUT2D eigenvalue weighted by molar-refractivity contribution is 7.99. The molecule has 158 valence electrons. The Morgan fingerprint density at radius 3 is 2.57 bits per heavy atom. The first kappa shape index (κ1) is 22.2. The van der Waals surface area contributed by atoms with E-state index >= 15 is 0 Å². The van der Waals surface area contributed by atoms with Crippen LogP contribution in [0, 0.1) is 5.82 Å². The Hall–Kier alpha value is -2.46. The molecule has 3 atom stereocenters. The number of nitrogens with two attached hydrogens (primary N) is 1. The van der Waals surface area contributed by atoms with Crippen molar-refractivity contribution in [2.45, 2.75) is 23.4 Å². The minimum absolute atomic E-state index is 0.0199. The third-order valence-electron chi connectivity index (χ3n) is 4.59. The standard InChI is InChI=1S/C20H20ClFN4O3S/c21-16-4-2-1-3-15(16)18(30-9-17(23)19(27)28)20(29,10-26-12-24-11-25-26)13-5-7-14(22)8-6-13/h1-8,11-12,17-18,29H,9-10,23H2,(H,27,28)/t17-,18?,20?/m0/s1. The molecule has 0 saturated carbocycles. The topological polar surface area (TPSA) is 114 Å². The molecule has 0 spiro atoms. The highest BCUT2D eigenvalue weighted by Crippen LogP contribution is 2.48. The van der Waals surface area contributed by atoms with Crippen LogP contribution in [0.5, 0.6) is 0 Å². The van der Waals surface area contributed by atoms with Crippen LogP contribution in [0.2, 0.25) is 5.02 Å². The largest absolute Gasteiger partial charge is 0.480 e. The lowest BCUT2D eigenvalue weighted by Gasteiger charge is -2.37. The minimum Gasteiger partial charge on any atom is -0.480 e. The van der Waals surface area contributed by atoms with Crippen LogP contribution in [0.1, 0.15) is 16.4 Å². The second-order valence-corrected chi connectivity index (χ2v) is 8.25. The maximum atomic E-state index is 13.6. The molecule has 1 aromatic heterocycles. The predicted molar refractivity (Wildman–Crippen MR) is 113 cm³/mol. The van der Waals surface area contributed by atoms with Crippen molar-refractivity contribution in [3.05, 3.63) is 83.2 Å². The molecule has 1 heterocycles. The zero-order chi connectivity index (χ0) is 21.7. The van der Waals surface area contributed by atoms with Gasteiger partial charge < -0.3 is 15.9 Å². The van der Waals surface area contributed by atoms with Crippen molar-refractivity contribution in [1.29, 1.82) is 0 Å². The van der Waals surface area contributed by atoms with Crippen LogP contribution < -0.4 is 5.73 Å². The Labute approximate surface area is 181 Å². The zero-order valence-electron chi connectivity index (χ0n) is 15.7. The van der Waals surface area contributed by atoms with E-state index < -0.39 is 28.7 Å². The van der Waals surface area contributed by atoms with Gasteiger partial charge in [-0.05, 0) is 29.3 Å². The third kappa shape index (κ3) is 4.99. The van der Waals surface area contributed by atoms with Crippen LogP contribution in [0.15, 0.2) is 61.2 Å². The normalized spacial score (nSPS) is 15.3. The van der Waals surface area contributed by atoms with Gasteiger partial charge in [-0.2, -0.15) is 5.10 Å². The Balaban J connectivity index is 2.10. The van der Waals surface area contributed by atoms with E-state index in [4.69, 9.17) is 17.3 Å². The molecule has 0 fully saturated rings. The van der Waals surface area contributed by atoms with E-state index in [0.717, 1.165) is 11.8 Å². The lowest BCUT2D eigenvalue weighted by molar-refractivity contribution is -0.137. The van der Waals surface area contributed by atoms with E-state index in [2.05, 4.69) is 10.1 Å². The fourth-order valence-electron chi connectivity index (χ4n) is 3.07. The second-order valence-electron chi connectivity index (χ2n) is 6.70. The summed E-state index contributed by atoms with van der Waals surface area (Å²) >= 11 is 7.59. The number of aliphatic hydroxyl groups is 1. The summed E-state index contributed by atoms with van der Waals surface area (Å²) in [5, 5.41) is 24.9. The molecule has 3 rings (SSSR count). The SMILES string of the molecule is N[C@@H](CSC(c1ccccc1Cl)C(O)(Cn1cncn1)c1ccc(F)cc1)C(=O)O. The van der Waals surface area contributed by atoms with E-state index in [0.29, 0.717) is 16.1 Å². The lowest BCUT2D eigenvalue weighted by Crippen LogP contribution is -2.39. The monoisotopic (exact) mass is 450 g/mol. The number of aliphatic carboxylic acids is 1. The Morgan fingerprint density at radius 1 is 1.27 bits per heavy atom. The van der Waals surface area contributed by atoms with Gasteiger partial charge in [0.1, 0.15) is 30.1 Å². The molecule has 10 heteroatoms. The highest BCUT2D eigenvalue weighted by atomic mass is 35.5. The number of carboxylic acids is 1. The van der Waals surface area contributed by atoms with Crippen molar-refractivity contribution in [1.82, 2.24) is 14.8 Å². The average Bonchev–Trinajstić information content (AvgIpc) is 3.22. The minimum atomic E-state index is -1.63. The molecule has 0 amide bonds. The molecule has 0 saturated heterocycles. The first-order chi connectivity index (χ1) is 14.3. The number of carboxylic acid groups (broad SMARTS) is 1. The summed E-state index contributed by atoms with van der Waals surface area (Å²) in [6.07, 6.45) is 2.79. The number of aromatic nitrogens is 3. The van der Waals surface area contributed by atoms with Gasteiger partial charge in [-0.3, -0.25) is 4.79 Å². The summed E-state index contributed by atoms with van der Waals surface area (Å²) in [5.41, 5.74) is 5.09. The van der Waals surface area contributed by atoms with Crippen molar-refractivity contribution >= 4 is 29.3 Å². The summed E-state index contributed by atoms with van der Waals surface area (Å²) in [7, 11) is 0. The van der Waals surface area contributed by atoms with Gasteiger partial charge >= 0.3 is 5.97 Å². The molecule has 0 radical (unpaired) electrons. The van der Waals surface area contributed by atoms with Gasteiger partial charge in [0.2, 0.25) is 0 Å². The fourth-order valence-corrected chi connectivity index (χ4v) is 4.79. The van der Waals surface area contributed by atoms with E-state index in [9.17, 15) is 19.4 Å². The molecule has 2 aromatic carbocycles. The first-order valence-electron chi connectivity index (χ1n) is 8.96. The van der Waals surface area contributed by atoms with Gasteiger partial charge in [-0.25, -0.2) is 14.1 Å². The zero-order valence-corrected chi connectivity index (χ0v) is 17.3. The molecule has 3 aromatic rings. The van der Waals surface area contributed by atoms with E-state index in [1.807, 2.05) is 0 Å². The van der Waals surface area contributed by atoms with Gasteiger partial charge in [0, 0.05) is 10.8 Å². The maximum Gasteiger partial charge on any atom is 0.321 e. The number of carbonyl (C=O) groups is 1. The molecule has 0 bridgehead atoms.